The van der Waals surface area contributed by atoms with Crippen molar-refractivity contribution in [3.05, 3.63) is 12.2 Å². The molecule has 0 heterocycles. The minimum atomic E-state index is -0.340. The highest BCUT2D eigenvalue weighted by molar-refractivity contribution is 5.62. The zero-order valence-electron chi connectivity index (χ0n) is 6.08. The van der Waals surface area contributed by atoms with Crippen LogP contribution in [0.15, 0.2) is 12.2 Å². The van der Waals surface area contributed by atoms with Gasteiger partial charge in [-0.05, 0) is 19.8 Å². The third-order valence-electron chi connectivity index (χ3n) is 1.95. The number of carbonyl (C=O) groups excluding carboxylic acids is 1. The maximum atomic E-state index is 10.5. The zero-order chi connectivity index (χ0) is 7.61. The van der Waals surface area contributed by atoms with E-state index in [9.17, 15) is 4.79 Å². The molecule has 0 aliphatic heterocycles. The van der Waals surface area contributed by atoms with Crippen LogP contribution in [0.5, 0.6) is 0 Å². The molecule has 0 saturated carbocycles. The van der Waals surface area contributed by atoms with E-state index in [-0.39, 0.29) is 11.5 Å². The Morgan fingerprint density at radius 1 is 1.80 bits per heavy atom. The van der Waals surface area contributed by atoms with Gasteiger partial charge in [-0.3, -0.25) is 0 Å². The van der Waals surface area contributed by atoms with Crippen LogP contribution in [0.2, 0.25) is 0 Å². The van der Waals surface area contributed by atoms with Crippen molar-refractivity contribution < 1.29 is 9.90 Å². The van der Waals surface area contributed by atoms with Crippen molar-refractivity contribution >= 4 is 6.29 Å². The Kier molecular flexibility index (Phi) is 1.90. The van der Waals surface area contributed by atoms with Crippen molar-refractivity contribution in [1.29, 1.82) is 0 Å². The lowest BCUT2D eigenvalue weighted by atomic mass is 9.81. The van der Waals surface area contributed by atoms with E-state index in [2.05, 4.69) is 0 Å². The predicted octanol–water partition coefficient (Wildman–Crippen LogP) is 0.902. The zero-order valence-corrected chi connectivity index (χ0v) is 6.08. The molecule has 0 spiro atoms. The average Bonchev–Trinajstić information content (AvgIpc) is 1.96. The number of carbonyl (C=O) groups is 1. The molecule has 0 amide bonds. The summed E-state index contributed by atoms with van der Waals surface area (Å²) in [7, 11) is 0. The van der Waals surface area contributed by atoms with Gasteiger partial charge in [-0.25, -0.2) is 0 Å². The Labute approximate surface area is 60.6 Å². The molecule has 0 radical (unpaired) electrons. The van der Waals surface area contributed by atoms with E-state index in [1.165, 1.54) is 0 Å². The first-order valence-corrected chi connectivity index (χ1v) is 3.50. The molecule has 0 bridgehead atoms. The van der Waals surface area contributed by atoms with Gasteiger partial charge in [0, 0.05) is 5.41 Å². The molecule has 1 rings (SSSR count). The van der Waals surface area contributed by atoms with Gasteiger partial charge in [-0.1, -0.05) is 12.2 Å². The van der Waals surface area contributed by atoms with Gasteiger partial charge >= 0.3 is 0 Å². The monoisotopic (exact) mass is 140 g/mol. The van der Waals surface area contributed by atoms with E-state index in [0.717, 1.165) is 12.7 Å². The van der Waals surface area contributed by atoms with Crippen LogP contribution in [0.1, 0.15) is 19.8 Å². The molecule has 0 aromatic rings. The Hall–Kier alpha value is -0.630. The van der Waals surface area contributed by atoms with Crippen molar-refractivity contribution in [3.8, 4) is 0 Å². The van der Waals surface area contributed by atoms with Crippen LogP contribution >= 0.6 is 0 Å². The fourth-order valence-electron chi connectivity index (χ4n) is 1.07. The van der Waals surface area contributed by atoms with Gasteiger partial charge in [-0.2, -0.15) is 0 Å². The van der Waals surface area contributed by atoms with Crippen LogP contribution in [0.25, 0.3) is 0 Å². The highest BCUT2D eigenvalue weighted by Crippen LogP contribution is 2.27. The molecule has 0 saturated heterocycles. The highest BCUT2D eigenvalue weighted by Gasteiger charge is 2.24. The average molecular weight is 140 g/mol. The van der Waals surface area contributed by atoms with Gasteiger partial charge < -0.3 is 9.90 Å². The van der Waals surface area contributed by atoms with Crippen molar-refractivity contribution in [2.75, 3.05) is 0 Å². The molecule has 2 nitrogen and oxygen atoms in total. The predicted molar refractivity (Wildman–Crippen MR) is 38.6 cm³/mol. The second-order valence-electron chi connectivity index (χ2n) is 3.09. The van der Waals surface area contributed by atoms with Crippen molar-refractivity contribution in [2.24, 2.45) is 5.41 Å². The molecule has 1 aliphatic carbocycles. The number of allylic oxidation sites excluding steroid dienone is 1. The van der Waals surface area contributed by atoms with Gasteiger partial charge in [0.05, 0.1) is 6.10 Å². The first-order valence-electron chi connectivity index (χ1n) is 3.50. The first kappa shape index (κ1) is 7.48. The molecule has 1 aliphatic rings. The second-order valence-corrected chi connectivity index (χ2v) is 3.09. The molecule has 0 aromatic heterocycles. The van der Waals surface area contributed by atoms with E-state index >= 15 is 0 Å². The normalized spacial score (nSPS) is 39.6. The minimum absolute atomic E-state index is 0.320. The lowest BCUT2D eigenvalue weighted by Gasteiger charge is -2.24. The molecule has 10 heavy (non-hydrogen) atoms. The second kappa shape index (κ2) is 2.54. The summed E-state index contributed by atoms with van der Waals surface area (Å²) in [6.07, 6.45) is 5.54. The summed E-state index contributed by atoms with van der Waals surface area (Å²) in [6.45, 7) is 1.88. The van der Waals surface area contributed by atoms with Crippen LogP contribution in [-0.2, 0) is 4.79 Å². The topological polar surface area (TPSA) is 37.3 Å². The third-order valence-corrected chi connectivity index (χ3v) is 1.95. The van der Waals surface area contributed by atoms with Crippen molar-refractivity contribution in [2.45, 2.75) is 25.9 Å². The molecule has 2 heteroatoms. The maximum Gasteiger partial charge on any atom is 0.129 e. The lowest BCUT2D eigenvalue weighted by Crippen LogP contribution is -2.22. The van der Waals surface area contributed by atoms with E-state index in [4.69, 9.17) is 5.11 Å². The number of aliphatic hydroxyl groups excluding tert-OH is 1. The smallest absolute Gasteiger partial charge is 0.129 e. The van der Waals surface area contributed by atoms with Gasteiger partial charge in [0.1, 0.15) is 6.29 Å². The molecule has 0 aromatic carbocycles. The summed E-state index contributed by atoms with van der Waals surface area (Å²) in [6, 6.07) is 0. The quantitative estimate of drug-likeness (QED) is 0.434. The van der Waals surface area contributed by atoms with E-state index in [1.807, 2.05) is 6.92 Å². The SMILES string of the molecule is CC1(C=O)C=CC(O)CC1. The first-order chi connectivity index (χ1) is 4.66. The van der Waals surface area contributed by atoms with Crippen molar-refractivity contribution in [3.63, 3.8) is 0 Å². The maximum absolute atomic E-state index is 10.5. The Morgan fingerprint density at radius 3 is 2.90 bits per heavy atom. The third kappa shape index (κ3) is 1.45. The summed E-state index contributed by atoms with van der Waals surface area (Å²) in [4.78, 5) is 10.5. The summed E-state index contributed by atoms with van der Waals surface area (Å²) < 4.78 is 0. The molecule has 2 unspecified atom stereocenters. The minimum Gasteiger partial charge on any atom is -0.389 e. The van der Waals surface area contributed by atoms with Crippen LogP contribution in [-0.4, -0.2) is 17.5 Å². The van der Waals surface area contributed by atoms with E-state index in [1.54, 1.807) is 12.2 Å². The van der Waals surface area contributed by atoms with Crippen LogP contribution in [0.4, 0.5) is 0 Å². The molecule has 0 fully saturated rings. The Bertz CT molecular complexity index is 163. The number of aldehydes is 1. The number of rotatable bonds is 1. The standard InChI is InChI=1S/C8H12O2/c1-8(6-9)4-2-7(10)3-5-8/h2,4,6-7,10H,3,5H2,1H3. The fraction of sp³-hybridized carbons (Fsp3) is 0.625. The lowest BCUT2D eigenvalue weighted by molar-refractivity contribution is -0.114. The summed E-state index contributed by atoms with van der Waals surface area (Å²) in [5, 5.41) is 9.03. The summed E-state index contributed by atoms with van der Waals surface area (Å²) in [5.41, 5.74) is -0.320. The van der Waals surface area contributed by atoms with Gasteiger partial charge in [0.15, 0.2) is 0 Å². The van der Waals surface area contributed by atoms with Gasteiger partial charge in [0.25, 0.3) is 0 Å². The van der Waals surface area contributed by atoms with Crippen LogP contribution < -0.4 is 0 Å². The number of hydrogen-bond acceptors (Lipinski definition) is 2. The van der Waals surface area contributed by atoms with Crippen LogP contribution in [0.3, 0.4) is 0 Å². The van der Waals surface area contributed by atoms with E-state index < -0.39 is 0 Å². The molecular weight excluding hydrogens is 128 g/mol. The Balaban J connectivity index is 2.68. The van der Waals surface area contributed by atoms with Gasteiger partial charge in [-0.15, -0.1) is 0 Å². The largest absolute Gasteiger partial charge is 0.389 e. The van der Waals surface area contributed by atoms with Gasteiger partial charge in [0.2, 0.25) is 0 Å². The summed E-state index contributed by atoms with van der Waals surface area (Å²) in [5.74, 6) is 0. The number of aliphatic hydroxyl groups is 1. The summed E-state index contributed by atoms with van der Waals surface area (Å²) >= 11 is 0. The fourth-order valence-corrected chi connectivity index (χ4v) is 1.07. The molecule has 56 valence electrons. The highest BCUT2D eigenvalue weighted by atomic mass is 16.3. The molecule has 2 atom stereocenters. The van der Waals surface area contributed by atoms with Crippen LogP contribution in [0, 0.1) is 5.41 Å². The number of hydrogen-bond donors (Lipinski definition) is 1. The molecular formula is C8H12O2. The van der Waals surface area contributed by atoms with E-state index in [0.29, 0.717) is 6.42 Å². The van der Waals surface area contributed by atoms with Crippen molar-refractivity contribution in [1.82, 2.24) is 0 Å². The molecule has 1 N–H and O–H groups in total. The Morgan fingerprint density at radius 2 is 2.50 bits per heavy atom.